The molecule has 11 heavy (non-hydrogen) atoms. The smallest absolute Gasteiger partial charge is 0.151 e. The largest absolute Gasteiger partial charge is 0.381 e. The first-order valence-corrected chi connectivity index (χ1v) is 4.48. The van der Waals surface area contributed by atoms with Crippen molar-refractivity contribution in [2.75, 3.05) is 19.1 Å². The van der Waals surface area contributed by atoms with E-state index in [1.165, 1.54) is 0 Å². The Kier molecular flexibility index (Phi) is 1.69. The first kappa shape index (κ1) is 7.56. The van der Waals surface area contributed by atoms with Crippen LogP contribution in [-0.4, -0.2) is 24.9 Å². The van der Waals surface area contributed by atoms with Gasteiger partial charge in [-0.3, -0.25) is 4.79 Å². The van der Waals surface area contributed by atoms with Gasteiger partial charge in [0.25, 0.3) is 0 Å². The second-order valence-corrected chi connectivity index (χ2v) is 3.79. The van der Waals surface area contributed by atoms with Gasteiger partial charge in [-0.15, -0.1) is 11.6 Å². The van der Waals surface area contributed by atoms with Crippen LogP contribution in [0.15, 0.2) is 0 Å². The fraction of sp³-hybridized carbons (Fsp3) is 0.875. The van der Waals surface area contributed by atoms with Crippen molar-refractivity contribution in [3.63, 3.8) is 0 Å². The average molecular weight is 175 g/mol. The quantitative estimate of drug-likeness (QED) is 0.589. The molecule has 0 radical (unpaired) electrons. The Morgan fingerprint density at radius 2 is 2.55 bits per heavy atom. The number of Topliss-reactive ketones (excluding diaryl/α,β-unsaturated/α-hetero) is 1. The monoisotopic (exact) mass is 174 g/mol. The highest BCUT2D eigenvalue weighted by Crippen LogP contribution is 2.58. The molecule has 2 unspecified atom stereocenters. The zero-order valence-electron chi connectivity index (χ0n) is 6.31. The lowest BCUT2D eigenvalue weighted by Gasteiger charge is -2.02. The van der Waals surface area contributed by atoms with Crippen LogP contribution in [0.25, 0.3) is 0 Å². The van der Waals surface area contributed by atoms with E-state index in [0.717, 1.165) is 26.1 Å². The molecule has 0 bridgehead atoms. The topological polar surface area (TPSA) is 26.3 Å². The Hall–Kier alpha value is -0.0800. The third kappa shape index (κ3) is 1.09. The van der Waals surface area contributed by atoms with Gasteiger partial charge in [0.1, 0.15) is 0 Å². The summed E-state index contributed by atoms with van der Waals surface area (Å²) in [6.07, 6.45) is 2.07. The standard InChI is InChI=1S/C8H11ClO2/c9-4-7(10)6-3-8(6)1-2-11-5-8/h6H,1-5H2. The second kappa shape index (κ2) is 2.46. The maximum absolute atomic E-state index is 11.1. The van der Waals surface area contributed by atoms with Gasteiger partial charge in [0, 0.05) is 17.9 Å². The molecule has 62 valence electrons. The van der Waals surface area contributed by atoms with Crippen LogP contribution in [-0.2, 0) is 9.53 Å². The van der Waals surface area contributed by atoms with Crippen molar-refractivity contribution in [2.24, 2.45) is 11.3 Å². The molecule has 0 aromatic rings. The summed E-state index contributed by atoms with van der Waals surface area (Å²) in [5, 5.41) is 0. The van der Waals surface area contributed by atoms with Crippen molar-refractivity contribution >= 4 is 17.4 Å². The Morgan fingerprint density at radius 1 is 1.73 bits per heavy atom. The van der Waals surface area contributed by atoms with Crippen LogP contribution in [0, 0.1) is 11.3 Å². The molecule has 0 aromatic heterocycles. The van der Waals surface area contributed by atoms with Gasteiger partial charge in [-0.2, -0.15) is 0 Å². The van der Waals surface area contributed by atoms with Gasteiger partial charge in [-0.1, -0.05) is 0 Å². The van der Waals surface area contributed by atoms with E-state index in [-0.39, 0.29) is 23.0 Å². The highest BCUT2D eigenvalue weighted by Gasteiger charge is 2.59. The molecule has 1 heterocycles. The summed E-state index contributed by atoms with van der Waals surface area (Å²) in [7, 11) is 0. The van der Waals surface area contributed by atoms with Gasteiger partial charge in [0.15, 0.2) is 5.78 Å². The van der Waals surface area contributed by atoms with Gasteiger partial charge >= 0.3 is 0 Å². The molecular weight excluding hydrogens is 164 g/mol. The molecular formula is C8H11ClO2. The highest BCUT2D eigenvalue weighted by molar-refractivity contribution is 6.28. The molecule has 1 aliphatic heterocycles. The first-order chi connectivity index (χ1) is 5.28. The van der Waals surface area contributed by atoms with Crippen molar-refractivity contribution in [2.45, 2.75) is 12.8 Å². The molecule has 2 rings (SSSR count). The predicted octanol–water partition coefficient (Wildman–Crippen LogP) is 1.22. The fourth-order valence-electron chi connectivity index (χ4n) is 1.95. The van der Waals surface area contributed by atoms with E-state index in [2.05, 4.69) is 0 Å². The van der Waals surface area contributed by atoms with Gasteiger partial charge in [0.2, 0.25) is 0 Å². The van der Waals surface area contributed by atoms with Crippen molar-refractivity contribution < 1.29 is 9.53 Å². The first-order valence-electron chi connectivity index (χ1n) is 3.95. The maximum Gasteiger partial charge on any atom is 0.151 e. The lowest BCUT2D eigenvalue weighted by Crippen LogP contribution is -2.11. The minimum absolute atomic E-state index is 0.173. The molecule has 2 atom stereocenters. The number of hydrogen-bond acceptors (Lipinski definition) is 2. The van der Waals surface area contributed by atoms with Crippen LogP contribution in [0.1, 0.15) is 12.8 Å². The predicted molar refractivity (Wildman–Crippen MR) is 41.7 cm³/mol. The van der Waals surface area contributed by atoms with E-state index >= 15 is 0 Å². The number of ether oxygens (including phenoxy) is 1. The SMILES string of the molecule is O=C(CCl)C1CC12CCOC2. The van der Waals surface area contributed by atoms with Gasteiger partial charge in [0.05, 0.1) is 12.5 Å². The third-order valence-electron chi connectivity index (χ3n) is 2.84. The van der Waals surface area contributed by atoms with Crippen LogP contribution >= 0.6 is 11.6 Å². The lowest BCUT2D eigenvalue weighted by molar-refractivity contribution is -0.118. The summed E-state index contributed by atoms with van der Waals surface area (Å²) in [4.78, 5) is 11.1. The van der Waals surface area contributed by atoms with E-state index in [1.807, 2.05) is 0 Å². The number of carbonyl (C=O) groups excluding carboxylic acids is 1. The summed E-state index contributed by atoms with van der Waals surface area (Å²) in [5.74, 6) is 0.603. The van der Waals surface area contributed by atoms with Crippen molar-refractivity contribution in [3.05, 3.63) is 0 Å². The molecule has 2 fully saturated rings. The summed E-state index contributed by atoms with van der Waals surface area (Å²) in [6.45, 7) is 1.60. The van der Waals surface area contributed by atoms with Crippen molar-refractivity contribution in [1.29, 1.82) is 0 Å². The lowest BCUT2D eigenvalue weighted by atomic mass is 10.0. The number of rotatable bonds is 2. The summed E-state index contributed by atoms with van der Waals surface area (Å²) in [6, 6.07) is 0. The van der Waals surface area contributed by atoms with Crippen LogP contribution < -0.4 is 0 Å². The summed E-state index contributed by atoms with van der Waals surface area (Å²) < 4.78 is 5.25. The van der Waals surface area contributed by atoms with Crippen LogP contribution in [0.3, 0.4) is 0 Å². The summed E-state index contributed by atoms with van der Waals surface area (Å²) >= 11 is 5.46. The van der Waals surface area contributed by atoms with Gasteiger partial charge in [-0.05, 0) is 12.8 Å². The van der Waals surface area contributed by atoms with E-state index in [9.17, 15) is 4.79 Å². The van der Waals surface area contributed by atoms with E-state index in [0.29, 0.717) is 0 Å². The summed E-state index contributed by atoms with van der Waals surface area (Å²) in [5.41, 5.74) is 0.228. The van der Waals surface area contributed by atoms with E-state index in [1.54, 1.807) is 0 Å². The fourth-order valence-corrected chi connectivity index (χ4v) is 2.14. The Bertz CT molecular complexity index is 185. The number of ketones is 1. The molecule has 1 spiro atoms. The molecule has 1 saturated heterocycles. The third-order valence-corrected chi connectivity index (χ3v) is 3.11. The maximum atomic E-state index is 11.1. The zero-order valence-corrected chi connectivity index (χ0v) is 7.06. The van der Waals surface area contributed by atoms with Gasteiger partial charge < -0.3 is 4.74 Å². The minimum Gasteiger partial charge on any atom is -0.381 e. The van der Waals surface area contributed by atoms with E-state index in [4.69, 9.17) is 16.3 Å². The minimum atomic E-state index is 0.173. The molecule has 1 saturated carbocycles. The van der Waals surface area contributed by atoms with Crippen LogP contribution in [0.2, 0.25) is 0 Å². The molecule has 2 nitrogen and oxygen atoms in total. The van der Waals surface area contributed by atoms with Crippen LogP contribution in [0.4, 0.5) is 0 Å². The van der Waals surface area contributed by atoms with Crippen molar-refractivity contribution in [3.8, 4) is 0 Å². The van der Waals surface area contributed by atoms with Crippen LogP contribution in [0.5, 0.6) is 0 Å². The molecule has 1 aliphatic carbocycles. The number of halogens is 1. The molecule has 0 N–H and O–H groups in total. The number of carbonyl (C=O) groups is 1. The molecule has 0 aromatic carbocycles. The van der Waals surface area contributed by atoms with Crippen molar-refractivity contribution in [1.82, 2.24) is 0 Å². The van der Waals surface area contributed by atoms with E-state index < -0.39 is 0 Å². The Morgan fingerprint density at radius 3 is 3.09 bits per heavy atom. The Labute approximate surface area is 70.9 Å². The molecule has 0 amide bonds. The van der Waals surface area contributed by atoms with Gasteiger partial charge in [-0.25, -0.2) is 0 Å². The average Bonchev–Trinajstić information content (AvgIpc) is 2.48. The number of hydrogen-bond donors (Lipinski definition) is 0. The normalized spacial score (nSPS) is 41.4. The number of alkyl halides is 1. The molecule has 2 aliphatic rings. The second-order valence-electron chi connectivity index (χ2n) is 3.52. The highest BCUT2D eigenvalue weighted by atomic mass is 35.5. The zero-order chi connectivity index (χ0) is 7.90. The molecule has 3 heteroatoms. The Balaban J connectivity index is 1.97.